The molecule has 0 bridgehead atoms. The van der Waals surface area contributed by atoms with Crippen LogP contribution in [0.2, 0.25) is 0 Å². The second kappa shape index (κ2) is 9.01. The average Bonchev–Trinajstić information content (AvgIpc) is 3.18. The number of furan rings is 1. The monoisotopic (exact) mass is 460 g/mol. The first-order valence-corrected chi connectivity index (χ1v) is 11.0. The van der Waals surface area contributed by atoms with Gasteiger partial charge in [-0.3, -0.25) is 4.79 Å². The van der Waals surface area contributed by atoms with Gasteiger partial charge in [0.1, 0.15) is 12.3 Å². The van der Waals surface area contributed by atoms with E-state index < -0.39 is 28.7 Å². The van der Waals surface area contributed by atoms with Crippen molar-refractivity contribution in [3.8, 4) is 0 Å². The summed E-state index contributed by atoms with van der Waals surface area (Å²) in [7, 11) is -3.83. The summed E-state index contributed by atoms with van der Waals surface area (Å²) in [6, 6.07) is 7.87. The van der Waals surface area contributed by atoms with Gasteiger partial charge in [-0.2, -0.15) is 17.5 Å². The molecule has 3 rings (SSSR count). The first-order chi connectivity index (χ1) is 14.5. The average molecular weight is 460 g/mol. The minimum absolute atomic E-state index is 0.0428. The fourth-order valence-corrected chi connectivity index (χ4v) is 5.03. The Bertz CT molecular complexity index is 981. The van der Waals surface area contributed by atoms with Gasteiger partial charge in [-0.1, -0.05) is 0 Å². The lowest BCUT2D eigenvalue weighted by atomic mass is 10.2. The Morgan fingerprint density at radius 3 is 2.26 bits per heavy atom. The highest BCUT2D eigenvalue weighted by Crippen LogP contribution is 2.24. The van der Waals surface area contributed by atoms with Crippen molar-refractivity contribution in [1.82, 2.24) is 9.21 Å². The van der Waals surface area contributed by atoms with Crippen LogP contribution in [0.3, 0.4) is 0 Å². The topological polar surface area (TPSA) is 80.1 Å². The molecule has 2 unspecified atom stereocenters. The van der Waals surface area contributed by atoms with Crippen molar-refractivity contribution < 1.29 is 35.5 Å². The summed E-state index contributed by atoms with van der Waals surface area (Å²) in [6.07, 6.45) is -3.83. The zero-order chi connectivity index (χ0) is 22.8. The smallest absolute Gasteiger partial charge is 0.406 e. The standard InChI is InChI=1S/C20H23F3N2O5S/c1-14-10-25(11-15(2)30-14)31(27,28)18-7-5-16(6-8-18)19(26)24(13-20(21,22)23)12-17-4-3-9-29-17/h3-9,14-15H,10-13H2,1-2H3. The van der Waals surface area contributed by atoms with Gasteiger partial charge in [0.05, 0.1) is 29.9 Å². The lowest BCUT2D eigenvalue weighted by Crippen LogP contribution is -2.48. The molecule has 0 N–H and O–H groups in total. The number of benzene rings is 1. The highest BCUT2D eigenvalue weighted by atomic mass is 32.2. The molecule has 0 radical (unpaired) electrons. The van der Waals surface area contributed by atoms with Crippen molar-refractivity contribution in [2.45, 2.75) is 43.7 Å². The molecule has 1 amide bonds. The third kappa shape index (κ3) is 5.86. The van der Waals surface area contributed by atoms with Crippen LogP contribution in [0.5, 0.6) is 0 Å². The van der Waals surface area contributed by atoms with Crippen LogP contribution in [0.1, 0.15) is 30.0 Å². The molecule has 1 fully saturated rings. The maximum atomic E-state index is 13.0. The van der Waals surface area contributed by atoms with E-state index in [2.05, 4.69) is 0 Å². The zero-order valence-corrected chi connectivity index (χ0v) is 17.8. The van der Waals surface area contributed by atoms with Gasteiger partial charge in [-0.25, -0.2) is 8.42 Å². The van der Waals surface area contributed by atoms with E-state index in [-0.39, 0.29) is 48.1 Å². The Balaban J connectivity index is 1.80. The third-order valence-electron chi connectivity index (χ3n) is 4.71. The maximum Gasteiger partial charge on any atom is 0.406 e. The third-order valence-corrected chi connectivity index (χ3v) is 6.56. The Hall–Kier alpha value is -2.37. The van der Waals surface area contributed by atoms with Crippen molar-refractivity contribution in [2.75, 3.05) is 19.6 Å². The van der Waals surface area contributed by atoms with Crippen LogP contribution in [0.4, 0.5) is 13.2 Å². The van der Waals surface area contributed by atoms with Gasteiger partial charge < -0.3 is 14.1 Å². The number of ether oxygens (including phenoxy) is 1. The fraction of sp³-hybridized carbons (Fsp3) is 0.450. The highest BCUT2D eigenvalue weighted by Gasteiger charge is 2.35. The minimum atomic E-state index is -4.60. The molecule has 0 aliphatic carbocycles. The van der Waals surface area contributed by atoms with Crippen molar-refractivity contribution >= 4 is 15.9 Å². The molecular weight excluding hydrogens is 437 g/mol. The van der Waals surface area contributed by atoms with E-state index in [1.807, 2.05) is 0 Å². The number of alkyl halides is 3. The number of sulfonamides is 1. The second-order valence-electron chi connectivity index (χ2n) is 7.46. The number of carbonyl (C=O) groups excluding carboxylic acids is 1. The van der Waals surface area contributed by atoms with Crippen LogP contribution in [0, 0.1) is 0 Å². The predicted molar refractivity (Wildman–Crippen MR) is 105 cm³/mol. The minimum Gasteiger partial charge on any atom is -0.467 e. The highest BCUT2D eigenvalue weighted by molar-refractivity contribution is 7.89. The van der Waals surface area contributed by atoms with E-state index in [1.165, 1.54) is 47.0 Å². The van der Waals surface area contributed by atoms with Crippen molar-refractivity contribution in [2.24, 2.45) is 0 Å². The van der Waals surface area contributed by atoms with E-state index in [9.17, 15) is 26.4 Å². The Morgan fingerprint density at radius 1 is 1.13 bits per heavy atom. The van der Waals surface area contributed by atoms with Crippen LogP contribution in [-0.4, -0.2) is 61.5 Å². The number of hydrogen-bond acceptors (Lipinski definition) is 5. The summed E-state index contributed by atoms with van der Waals surface area (Å²) in [5.41, 5.74) is -0.0570. The molecule has 170 valence electrons. The van der Waals surface area contributed by atoms with Gasteiger partial charge in [0.25, 0.3) is 5.91 Å². The van der Waals surface area contributed by atoms with Gasteiger partial charge in [0.15, 0.2) is 0 Å². The summed E-state index contributed by atoms with van der Waals surface area (Å²) in [5, 5.41) is 0. The van der Waals surface area contributed by atoms with Crippen molar-refractivity contribution in [3.63, 3.8) is 0 Å². The number of amides is 1. The van der Waals surface area contributed by atoms with Crippen LogP contribution in [-0.2, 0) is 21.3 Å². The van der Waals surface area contributed by atoms with Crippen molar-refractivity contribution in [3.05, 3.63) is 54.0 Å². The lowest BCUT2D eigenvalue weighted by molar-refractivity contribution is -0.142. The maximum absolute atomic E-state index is 13.0. The normalized spacial score (nSPS) is 20.5. The number of nitrogens with zero attached hydrogens (tertiary/aromatic N) is 2. The Morgan fingerprint density at radius 2 is 1.74 bits per heavy atom. The van der Waals surface area contributed by atoms with Crippen LogP contribution < -0.4 is 0 Å². The number of rotatable bonds is 6. The largest absolute Gasteiger partial charge is 0.467 e. The molecule has 7 nitrogen and oxygen atoms in total. The van der Waals surface area contributed by atoms with Crippen molar-refractivity contribution in [1.29, 1.82) is 0 Å². The van der Waals surface area contributed by atoms with E-state index in [0.29, 0.717) is 4.90 Å². The molecule has 1 aliphatic rings. The summed E-state index contributed by atoms with van der Waals surface area (Å²) in [4.78, 5) is 13.3. The number of hydrogen-bond donors (Lipinski definition) is 0. The van der Waals surface area contributed by atoms with E-state index >= 15 is 0 Å². The molecule has 1 saturated heterocycles. The SMILES string of the molecule is CC1CN(S(=O)(=O)c2ccc(C(=O)N(Cc3ccco3)CC(F)(F)F)cc2)CC(C)O1. The molecule has 2 aromatic rings. The molecule has 2 heterocycles. The fourth-order valence-electron chi connectivity index (χ4n) is 3.43. The van der Waals surface area contributed by atoms with Gasteiger partial charge >= 0.3 is 6.18 Å². The van der Waals surface area contributed by atoms with Crippen LogP contribution >= 0.6 is 0 Å². The molecule has 11 heteroatoms. The molecule has 0 spiro atoms. The number of halogens is 3. The first-order valence-electron chi connectivity index (χ1n) is 9.60. The van der Waals surface area contributed by atoms with Crippen LogP contribution in [0.15, 0.2) is 52.0 Å². The first kappa shape index (κ1) is 23.3. The summed E-state index contributed by atoms with van der Waals surface area (Å²) in [5.74, 6) is -0.682. The molecule has 31 heavy (non-hydrogen) atoms. The molecule has 1 aromatic heterocycles. The van der Waals surface area contributed by atoms with E-state index in [4.69, 9.17) is 9.15 Å². The van der Waals surface area contributed by atoms with E-state index in [1.54, 1.807) is 13.8 Å². The van der Waals surface area contributed by atoms with Gasteiger partial charge in [0, 0.05) is 18.7 Å². The summed E-state index contributed by atoms with van der Waals surface area (Å²) >= 11 is 0. The van der Waals surface area contributed by atoms with E-state index in [0.717, 1.165) is 0 Å². The molecule has 1 aliphatic heterocycles. The Kier molecular flexibility index (Phi) is 6.77. The Labute approximate surface area is 178 Å². The second-order valence-corrected chi connectivity index (χ2v) is 9.40. The zero-order valence-electron chi connectivity index (χ0n) is 17.0. The molecule has 1 aromatic carbocycles. The van der Waals surface area contributed by atoms with Gasteiger partial charge in [0.2, 0.25) is 10.0 Å². The quantitative estimate of drug-likeness (QED) is 0.661. The number of morpholine rings is 1. The predicted octanol–water partition coefficient (Wildman–Crippen LogP) is 3.28. The number of carbonyl (C=O) groups is 1. The summed E-state index contributed by atoms with van der Waals surface area (Å²) in [6.45, 7) is 2.10. The molecule has 2 atom stereocenters. The molecule has 0 saturated carbocycles. The molecular formula is C20H23F3N2O5S. The summed E-state index contributed by atoms with van der Waals surface area (Å²) < 4.78 is 76.7. The van der Waals surface area contributed by atoms with Gasteiger partial charge in [-0.05, 0) is 50.2 Å². The van der Waals surface area contributed by atoms with Crippen LogP contribution in [0.25, 0.3) is 0 Å². The van der Waals surface area contributed by atoms with Gasteiger partial charge in [-0.15, -0.1) is 0 Å². The lowest BCUT2D eigenvalue weighted by Gasteiger charge is -2.34.